The Hall–Kier alpha value is -2.76. The van der Waals surface area contributed by atoms with E-state index in [1.54, 1.807) is 13.2 Å². The lowest BCUT2D eigenvalue weighted by Gasteiger charge is -2.12. The Balaban J connectivity index is 2.00. The van der Waals surface area contributed by atoms with Crippen molar-refractivity contribution in [2.24, 2.45) is 4.99 Å². The summed E-state index contributed by atoms with van der Waals surface area (Å²) in [5, 5.41) is 15.5. The maximum Gasteiger partial charge on any atom is 0.191 e. The van der Waals surface area contributed by atoms with E-state index in [0.717, 1.165) is 16.9 Å². The number of ether oxygens (including phenoxy) is 1. The maximum atomic E-state index is 13.4. The topological polar surface area (TPSA) is 65.9 Å². The van der Waals surface area contributed by atoms with Gasteiger partial charge in [0.15, 0.2) is 17.5 Å². The Morgan fingerprint density at radius 2 is 2.00 bits per heavy atom. The molecule has 0 bridgehead atoms. The maximum absolute atomic E-state index is 13.4. The average molecular weight is 331 g/mol. The molecule has 5 nitrogen and oxygen atoms in total. The van der Waals surface area contributed by atoms with E-state index in [9.17, 15) is 9.50 Å². The molecule has 0 heterocycles. The van der Waals surface area contributed by atoms with Crippen LogP contribution in [0.3, 0.4) is 0 Å². The van der Waals surface area contributed by atoms with Crippen LogP contribution in [-0.4, -0.2) is 24.7 Å². The molecule has 0 saturated carbocycles. The lowest BCUT2D eigenvalue weighted by Crippen LogP contribution is -2.36. The van der Waals surface area contributed by atoms with Gasteiger partial charge in [-0.05, 0) is 42.3 Å². The standard InChI is InChI=1S/C18H22FN3O2/c1-3-20-18(21-11-13-5-4-6-15(9-13)24-2)22-12-14-7-8-17(23)16(19)10-14/h4-10,23H,3,11-12H2,1-2H3,(H2,20,21,22). The second-order valence-electron chi connectivity index (χ2n) is 5.19. The minimum atomic E-state index is -0.632. The first-order valence-corrected chi connectivity index (χ1v) is 7.75. The van der Waals surface area contributed by atoms with Gasteiger partial charge in [-0.3, -0.25) is 0 Å². The van der Waals surface area contributed by atoms with Gasteiger partial charge in [0.05, 0.1) is 13.7 Å². The first-order valence-electron chi connectivity index (χ1n) is 7.75. The monoisotopic (exact) mass is 331 g/mol. The van der Waals surface area contributed by atoms with Gasteiger partial charge in [-0.1, -0.05) is 18.2 Å². The summed E-state index contributed by atoms with van der Waals surface area (Å²) in [5.41, 5.74) is 1.75. The summed E-state index contributed by atoms with van der Waals surface area (Å²) in [6, 6.07) is 12.0. The van der Waals surface area contributed by atoms with Crippen LogP contribution in [0, 0.1) is 5.82 Å². The number of phenolic OH excluding ortho intramolecular Hbond substituents is 1. The van der Waals surface area contributed by atoms with E-state index < -0.39 is 5.82 Å². The van der Waals surface area contributed by atoms with Crippen molar-refractivity contribution in [1.29, 1.82) is 0 Å². The highest BCUT2D eigenvalue weighted by Crippen LogP contribution is 2.16. The summed E-state index contributed by atoms with van der Waals surface area (Å²) < 4.78 is 18.6. The zero-order chi connectivity index (χ0) is 17.4. The smallest absolute Gasteiger partial charge is 0.191 e. The highest BCUT2D eigenvalue weighted by Gasteiger charge is 2.03. The van der Waals surface area contributed by atoms with E-state index in [-0.39, 0.29) is 5.75 Å². The molecule has 0 aromatic heterocycles. The molecule has 128 valence electrons. The molecule has 0 saturated heterocycles. The van der Waals surface area contributed by atoms with Crippen molar-refractivity contribution in [1.82, 2.24) is 10.6 Å². The summed E-state index contributed by atoms with van der Waals surface area (Å²) in [5.74, 6) is 0.444. The van der Waals surface area contributed by atoms with Gasteiger partial charge in [-0.15, -0.1) is 0 Å². The molecular formula is C18H22FN3O2. The Kier molecular flexibility index (Phi) is 6.42. The number of aliphatic imine (C=N–C) groups is 1. The molecule has 0 amide bonds. The quantitative estimate of drug-likeness (QED) is 0.562. The number of hydrogen-bond acceptors (Lipinski definition) is 3. The highest BCUT2D eigenvalue weighted by atomic mass is 19.1. The lowest BCUT2D eigenvalue weighted by molar-refractivity contribution is 0.414. The molecule has 0 aliphatic heterocycles. The highest BCUT2D eigenvalue weighted by molar-refractivity contribution is 5.79. The van der Waals surface area contributed by atoms with Gasteiger partial charge in [0.1, 0.15) is 5.75 Å². The molecule has 3 N–H and O–H groups in total. The number of halogens is 1. The predicted molar refractivity (Wildman–Crippen MR) is 92.7 cm³/mol. The summed E-state index contributed by atoms with van der Waals surface area (Å²) in [6.45, 7) is 3.59. The largest absolute Gasteiger partial charge is 0.505 e. The number of aromatic hydroxyl groups is 1. The third-order valence-corrected chi connectivity index (χ3v) is 3.37. The third kappa shape index (κ3) is 5.15. The second-order valence-corrected chi connectivity index (χ2v) is 5.19. The Labute approximate surface area is 141 Å². The first kappa shape index (κ1) is 17.6. The van der Waals surface area contributed by atoms with Crippen molar-refractivity contribution in [3.63, 3.8) is 0 Å². The minimum Gasteiger partial charge on any atom is -0.505 e. The summed E-state index contributed by atoms with van der Waals surface area (Å²) >= 11 is 0. The lowest BCUT2D eigenvalue weighted by atomic mass is 10.2. The molecule has 0 unspecified atom stereocenters. The summed E-state index contributed by atoms with van der Waals surface area (Å²) in [4.78, 5) is 4.51. The molecular weight excluding hydrogens is 309 g/mol. The van der Waals surface area contributed by atoms with E-state index in [1.165, 1.54) is 12.1 Å². The van der Waals surface area contributed by atoms with Crippen LogP contribution in [0.1, 0.15) is 18.1 Å². The van der Waals surface area contributed by atoms with Crippen LogP contribution < -0.4 is 15.4 Å². The second kappa shape index (κ2) is 8.76. The van der Waals surface area contributed by atoms with Crippen LogP contribution in [0.25, 0.3) is 0 Å². The van der Waals surface area contributed by atoms with E-state index in [1.807, 2.05) is 31.2 Å². The van der Waals surface area contributed by atoms with Gasteiger partial charge in [0.2, 0.25) is 0 Å². The van der Waals surface area contributed by atoms with Gasteiger partial charge in [0, 0.05) is 13.1 Å². The molecule has 0 spiro atoms. The predicted octanol–water partition coefficient (Wildman–Crippen LogP) is 2.80. The molecule has 2 aromatic rings. The number of methoxy groups -OCH3 is 1. The van der Waals surface area contributed by atoms with Crippen LogP contribution in [0.15, 0.2) is 47.5 Å². The molecule has 6 heteroatoms. The van der Waals surface area contributed by atoms with Crippen molar-refractivity contribution in [3.05, 3.63) is 59.4 Å². The zero-order valence-corrected chi connectivity index (χ0v) is 13.8. The number of hydrogen-bond donors (Lipinski definition) is 3. The summed E-state index contributed by atoms with van der Waals surface area (Å²) in [7, 11) is 1.63. The molecule has 0 radical (unpaired) electrons. The number of nitrogens with one attached hydrogen (secondary N) is 2. The normalized spacial score (nSPS) is 11.2. The molecule has 2 rings (SSSR count). The van der Waals surface area contributed by atoms with Crippen molar-refractivity contribution in [2.75, 3.05) is 13.7 Å². The molecule has 0 atom stereocenters. The van der Waals surface area contributed by atoms with Crippen molar-refractivity contribution < 1.29 is 14.2 Å². The molecule has 0 fully saturated rings. The van der Waals surface area contributed by atoms with Gasteiger partial charge >= 0.3 is 0 Å². The van der Waals surface area contributed by atoms with E-state index in [2.05, 4.69) is 15.6 Å². The van der Waals surface area contributed by atoms with Gasteiger partial charge in [-0.25, -0.2) is 9.38 Å². The number of benzene rings is 2. The van der Waals surface area contributed by atoms with Gasteiger partial charge in [-0.2, -0.15) is 0 Å². The zero-order valence-electron chi connectivity index (χ0n) is 13.8. The van der Waals surface area contributed by atoms with E-state index in [4.69, 9.17) is 4.74 Å². The minimum absolute atomic E-state index is 0.350. The van der Waals surface area contributed by atoms with Crippen LogP contribution in [0.4, 0.5) is 4.39 Å². The molecule has 0 aliphatic carbocycles. The molecule has 0 aliphatic rings. The third-order valence-electron chi connectivity index (χ3n) is 3.37. The number of phenols is 1. The fraction of sp³-hybridized carbons (Fsp3) is 0.278. The Morgan fingerprint density at radius 1 is 1.17 bits per heavy atom. The van der Waals surface area contributed by atoms with E-state index >= 15 is 0 Å². The number of rotatable bonds is 6. The number of guanidine groups is 1. The Morgan fingerprint density at radius 3 is 2.71 bits per heavy atom. The molecule has 24 heavy (non-hydrogen) atoms. The van der Waals surface area contributed by atoms with Gasteiger partial charge in [0.25, 0.3) is 0 Å². The van der Waals surface area contributed by atoms with Crippen LogP contribution in [0.5, 0.6) is 11.5 Å². The average Bonchev–Trinajstić information content (AvgIpc) is 2.60. The van der Waals surface area contributed by atoms with Crippen molar-refractivity contribution in [3.8, 4) is 11.5 Å². The fourth-order valence-corrected chi connectivity index (χ4v) is 2.13. The van der Waals surface area contributed by atoms with Crippen LogP contribution in [-0.2, 0) is 13.1 Å². The SMILES string of the molecule is CCNC(=NCc1cccc(OC)c1)NCc1ccc(O)c(F)c1. The summed E-state index contributed by atoms with van der Waals surface area (Å²) in [6.07, 6.45) is 0. The fourth-order valence-electron chi connectivity index (χ4n) is 2.13. The Bertz CT molecular complexity index is 704. The van der Waals surface area contributed by atoms with E-state index in [0.29, 0.717) is 25.6 Å². The first-order chi connectivity index (χ1) is 11.6. The van der Waals surface area contributed by atoms with Crippen molar-refractivity contribution in [2.45, 2.75) is 20.0 Å². The molecule has 2 aromatic carbocycles. The van der Waals surface area contributed by atoms with Crippen LogP contribution in [0.2, 0.25) is 0 Å². The van der Waals surface area contributed by atoms with Gasteiger partial charge < -0.3 is 20.5 Å². The van der Waals surface area contributed by atoms with Crippen LogP contribution >= 0.6 is 0 Å². The number of nitrogens with zero attached hydrogens (tertiary/aromatic N) is 1. The van der Waals surface area contributed by atoms with Crippen molar-refractivity contribution >= 4 is 5.96 Å².